The van der Waals surface area contributed by atoms with Gasteiger partial charge in [-0.15, -0.1) is 0 Å². The molecule has 3 aromatic rings. The van der Waals surface area contributed by atoms with Gasteiger partial charge in [-0.1, -0.05) is 11.6 Å². The highest BCUT2D eigenvalue weighted by Gasteiger charge is 2.30. The number of nitrogens with one attached hydrogen (secondary N) is 2. The van der Waals surface area contributed by atoms with Gasteiger partial charge in [0.2, 0.25) is 17.6 Å². The molecule has 5 rings (SSSR count). The Balaban J connectivity index is 1.20. The number of halogens is 3. The van der Waals surface area contributed by atoms with Gasteiger partial charge in [0.05, 0.1) is 29.6 Å². The fraction of sp³-hybridized carbons (Fsp3) is 0.345. The summed E-state index contributed by atoms with van der Waals surface area (Å²) in [6.45, 7) is 1.93. The van der Waals surface area contributed by atoms with Crippen molar-refractivity contribution in [2.75, 3.05) is 45.2 Å². The van der Waals surface area contributed by atoms with E-state index in [-0.39, 0.29) is 57.1 Å². The maximum Gasteiger partial charge on any atom is 0.291 e. The number of amides is 4. The number of anilines is 1. The van der Waals surface area contributed by atoms with Crippen molar-refractivity contribution >= 4 is 40.9 Å². The molecule has 0 saturated carbocycles. The lowest BCUT2D eigenvalue weighted by Gasteiger charge is -2.35. The van der Waals surface area contributed by atoms with E-state index >= 15 is 0 Å². The maximum absolute atomic E-state index is 14.6. The minimum absolute atomic E-state index is 0.00187. The Hall–Kier alpha value is -4.52. The number of nitrogens with zero attached hydrogens (tertiary/aromatic N) is 4. The SMILES string of the molecule is COc1ccc(-c2cnc(C(=O)Nc3ccc(C(=O)N4CCN(C(=O)CC5CNC(=O)C5)CC4)c(Cl)c3)n2C)c(F)c1F. The Kier molecular flexibility index (Phi) is 8.62. The van der Waals surface area contributed by atoms with E-state index in [4.69, 9.17) is 16.3 Å². The van der Waals surface area contributed by atoms with Crippen LogP contribution in [0, 0.1) is 17.6 Å². The zero-order chi connectivity index (χ0) is 30.8. The van der Waals surface area contributed by atoms with E-state index in [9.17, 15) is 28.0 Å². The minimum atomic E-state index is -1.15. The number of rotatable bonds is 7. The third kappa shape index (κ3) is 6.17. The van der Waals surface area contributed by atoms with Crippen LogP contribution in [0.2, 0.25) is 5.02 Å². The fourth-order valence-electron chi connectivity index (χ4n) is 5.23. The van der Waals surface area contributed by atoms with E-state index < -0.39 is 17.5 Å². The summed E-state index contributed by atoms with van der Waals surface area (Å²) < 4.78 is 35.0. The molecule has 0 aliphatic carbocycles. The van der Waals surface area contributed by atoms with Gasteiger partial charge in [0.25, 0.3) is 11.8 Å². The van der Waals surface area contributed by atoms with Gasteiger partial charge in [0.1, 0.15) is 0 Å². The van der Waals surface area contributed by atoms with Gasteiger partial charge in [-0.2, -0.15) is 4.39 Å². The highest BCUT2D eigenvalue weighted by Crippen LogP contribution is 2.30. The first kappa shape index (κ1) is 30.0. The first-order valence-corrected chi connectivity index (χ1v) is 13.9. The van der Waals surface area contributed by atoms with Crippen molar-refractivity contribution in [2.45, 2.75) is 12.8 Å². The Morgan fingerprint density at radius 3 is 2.47 bits per heavy atom. The second-order valence-corrected chi connectivity index (χ2v) is 10.8. The molecule has 226 valence electrons. The zero-order valence-corrected chi connectivity index (χ0v) is 24.2. The lowest BCUT2D eigenvalue weighted by molar-refractivity contribution is -0.133. The predicted octanol–water partition coefficient (Wildman–Crippen LogP) is 3.09. The average molecular weight is 615 g/mol. The first-order valence-electron chi connectivity index (χ1n) is 13.6. The summed E-state index contributed by atoms with van der Waals surface area (Å²) in [6.07, 6.45) is 1.91. The molecule has 3 heterocycles. The van der Waals surface area contributed by atoms with Crippen molar-refractivity contribution < 1.29 is 32.7 Å². The van der Waals surface area contributed by atoms with Gasteiger partial charge in [-0.25, -0.2) is 9.37 Å². The molecule has 0 radical (unpaired) electrons. The van der Waals surface area contributed by atoms with Gasteiger partial charge in [0.15, 0.2) is 17.4 Å². The normalized spacial score (nSPS) is 16.7. The highest BCUT2D eigenvalue weighted by molar-refractivity contribution is 6.34. The van der Waals surface area contributed by atoms with Crippen molar-refractivity contribution in [3.8, 4) is 17.0 Å². The molecule has 2 aliphatic rings. The number of benzene rings is 2. The molecule has 2 aromatic carbocycles. The van der Waals surface area contributed by atoms with Crippen molar-refractivity contribution in [3.63, 3.8) is 0 Å². The quantitative estimate of drug-likeness (QED) is 0.421. The van der Waals surface area contributed by atoms with Gasteiger partial charge in [-0.05, 0) is 36.2 Å². The molecular formula is C29H29ClF2N6O5. The smallest absolute Gasteiger partial charge is 0.291 e. The molecule has 4 amide bonds. The van der Waals surface area contributed by atoms with Gasteiger partial charge >= 0.3 is 0 Å². The second kappa shape index (κ2) is 12.4. The number of carbonyl (C=O) groups is 4. The minimum Gasteiger partial charge on any atom is -0.494 e. The maximum atomic E-state index is 14.6. The lowest BCUT2D eigenvalue weighted by Crippen LogP contribution is -2.51. The van der Waals surface area contributed by atoms with Gasteiger partial charge < -0.3 is 29.7 Å². The number of aromatic nitrogens is 2. The summed E-state index contributed by atoms with van der Waals surface area (Å²) in [7, 11) is 2.72. The van der Waals surface area contributed by atoms with E-state index in [1.54, 1.807) is 9.80 Å². The highest BCUT2D eigenvalue weighted by atomic mass is 35.5. The number of piperazine rings is 1. The van der Waals surface area contributed by atoms with Crippen LogP contribution in [-0.4, -0.2) is 82.8 Å². The molecule has 2 fully saturated rings. The molecule has 1 aromatic heterocycles. The third-order valence-electron chi connectivity index (χ3n) is 7.64. The molecule has 2 aliphatic heterocycles. The zero-order valence-electron chi connectivity index (χ0n) is 23.5. The van der Waals surface area contributed by atoms with E-state index in [0.717, 1.165) is 0 Å². The van der Waals surface area contributed by atoms with Crippen molar-refractivity contribution in [1.82, 2.24) is 24.7 Å². The van der Waals surface area contributed by atoms with Gasteiger partial charge in [-0.3, -0.25) is 19.2 Å². The van der Waals surface area contributed by atoms with E-state index in [0.29, 0.717) is 51.3 Å². The second-order valence-electron chi connectivity index (χ2n) is 10.4. The van der Waals surface area contributed by atoms with Crippen LogP contribution in [-0.2, 0) is 16.6 Å². The molecular weight excluding hydrogens is 586 g/mol. The molecule has 1 atom stereocenters. The number of carbonyl (C=O) groups excluding carboxylic acids is 4. The molecule has 1 unspecified atom stereocenters. The molecule has 2 saturated heterocycles. The predicted molar refractivity (Wildman–Crippen MR) is 153 cm³/mol. The van der Waals surface area contributed by atoms with Crippen molar-refractivity contribution in [2.24, 2.45) is 13.0 Å². The van der Waals surface area contributed by atoms with Crippen LogP contribution in [0.5, 0.6) is 5.75 Å². The first-order chi connectivity index (χ1) is 20.6. The molecule has 14 heteroatoms. The van der Waals surface area contributed by atoms with Crippen LogP contribution in [0.4, 0.5) is 14.5 Å². The summed E-state index contributed by atoms with van der Waals surface area (Å²) >= 11 is 6.43. The van der Waals surface area contributed by atoms with Crippen LogP contribution in [0.3, 0.4) is 0 Å². The molecule has 2 N–H and O–H groups in total. The average Bonchev–Trinajstić information content (AvgIpc) is 3.58. The van der Waals surface area contributed by atoms with E-state index in [1.807, 2.05) is 0 Å². The van der Waals surface area contributed by atoms with Crippen LogP contribution in [0.15, 0.2) is 36.5 Å². The molecule has 0 spiro atoms. The summed E-state index contributed by atoms with van der Waals surface area (Å²) in [5.41, 5.74) is 0.626. The van der Waals surface area contributed by atoms with Crippen molar-refractivity contribution in [1.29, 1.82) is 0 Å². The standard InChI is InChI=1S/C29H29ClF2N6O5/c1-36-21(19-5-6-22(43-2)26(32)25(19)31)15-34-27(36)28(41)35-17-3-4-18(20(30)13-17)29(42)38-9-7-37(8-10-38)24(40)12-16-11-23(39)33-14-16/h3-6,13,15-16H,7-12,14H2,1-2H3,(H,33,39)(H,35,41). The lowest BCUT2D eigenvalue weighted by atomic mass is 10.0. The van der Waals surface area contributed by atoms with E-state index in [1.165, 1.54) is 55.3 Å². The number of hydrogen-bond donors (Lipinski definition) is 2. The number of imidazole rings is 1. The largest absolute Gasteiger partial charge is 0.494 e. The molecule has 11 nitrogen and oxygen atoms in total. The number of hydrogen-bond acceptors (Lipinski definition) is 6. The fourth-order valence-corrected chi connectivity index (χ4v) is 5.49. The summed E-state index contributed by atoms with van der Waals surface area (Å²) in [5.74, 6) is -3.60. The molecule has 43 heavy (non-hydrogen) atoms. The summed E-state index contributed by atoms with van der Waals surface area (Å²) in [5, 5.41) is 5.51. The van der Waals surface area contributed by atoms with Crippen LogP contribution in [0.25, 0.3) is 11.3 Å². The topological polar surface area (TPSA) is 126 Å². The summed E-state index contributed by atoms with van der Waals surface area (Å²) in [4.78, 5) is 57.5. The monoisotopic (exact) mass is 614 g/mol. The number of methoxy groups -OCH3 is 1. The van der Waals surface area contributed by atoms with Crippen LogP contribution < -0.4 is 15.4 Å². The summed E-state index contributed by atoms with van der Waals surface area (Å²) in [6, 6.07) is 7.08. The third-order valence-corrected chi connectivity index (χ3v) is 7.95. The Labute approximate surface area is 250 Å². The number of ether oxygens (including phenoxy) is 1. The Morgan fingerprint density at radius 1 is 1.09 bits per heavy atom. The van der Waals surface area contributed by atoms with Gasteiger partial charge in [0, 0.05) is 63.9 Å². The Bertz CT molecular complexity index is 1600. The van der Waals surface area contributed by atoms with Crippen LogP contribution >= 0.6 is 11.6 Å². The molecule has 0 bridgehead atoms. The van der Waals surface area contributed by atoms with E-state index in [2.05, 4.69) is 15.6 Å². The van der Waals surface area contributed by atoms with Crippen molar-refractivity contribution in [3.05, 3.63) is 64.6 Å². The Morgan fingerprint density at radius 2 is 1.81 bits per heavy atom. The van der Waals surface area contributed by atoms with Crippen LogP contribution in [0.1, 0.15) is 33.8 Å².